The van der Waals surface area contributed by atoms with Crippen LogP contribution in [0, 0.1) is 6.92 Å². The molecular formula is C17H18N4O5. The van der Waals surface area contributed by atoms with Gasteiger partial charge in [0.2, 0.25) is 5.91 Å². The Labute approximate surface area is 149 Å². The molecule has 9 nitrogen and oxygen atoms in total. The number of amides is 1. The molecule has 136 valence electrons. The molecular weight excluding hydrogens is 340 g/mol. The Hall–Kier alpha value is -3.36. The van der Waals surface area contributed by atoms with Crippen molar-refractivity contribution < 1.29 is 24.2 Å². The number of carbonyl (C=O) groups is 3. The molecule has 1 aliphatic heterocycles. The van der Waals surface area contributed by atoms with E-state index in [-0.39, 0.29) is 19.5 Å². The first kappa shape index (κ1) is 17.5. The normalized spacial score (nSPS) is 14.3. The summed E-state index contributed by atoms with van der Waals surface area (Å²) in [7, 11) is 0. The quantitative estimate of drug-likeness (QED) is 0.499. The Morgan fingerprint density at radius 3 is 2.96 bits per heavy atom. The van der Waals surface area contributed by atoms with Crippen LogP contribution in [0.2, 0.25) is 0 Å². The molecule has 0 saturated carbocycles. The van der Waals surface area contributed by atoms with Crippen LogP contribution in [0.25, 0.3) is 0 Å². The standard InChI is InChI=1S/C17H18N4O5/c1-10-2-3-13-14(4-10)26-16(23)8-21(13)7-15(22)20-12(17(24)25)5-11-6-18-9-19-11/h2-4,6,9,12H,5,7-8H2,1H3,(H,18,19)(H,20,22)(H,24,25). The number of nitrogens with one attached hydrogen (secondary N) is 2. The molecule has 1 unspecified atom stereocenters. The number of carboxylic acids is 1. The number of esters is 1. The number of ether oxygens (including phenoxy) is 1. The third kappa shape index (κ3) is 4.00. The van der Waals surface area contributed by atoms with Gasteiger partial charge in [0.1, 0.15) is 12.6 Å². The van der Waals surface area contributed by atoms with E-state index in [1.54, 1.807) is 17.0 Å². The average Bonchev–Trinajstić information content (AvgIpc) is 3.06. The third-order valence-corrected chi connectivity index (χ3v) is 3.95. The summed E-state index contributed by atoms with van der Waals surface area (Å²) < 4.78 is 5.20. The van der Waals surface area contributed by atoms with Crippen LogP contribution in [0.15, 0.2) is 30.7 Å². The van der Waals surface area contributed by atoms with Crippen LogP contribution < -0.4 is 15.0 Å². The molecule has 1 atom stereocenters. The Kier molecular flexibility index (Phi) is 4.87. The topological polar surface area (TPSA) is 125 Å². The lowest BCUT2D eigenvalue weighted by molar-refractivity contribution is -0.141. The summed E-state index contributed by atoms with van der Waals surface area (Å²) in [6.07, 6.45) is 3.02. The molecule has 2 aromatic rings. The molecule has 0 saturated heterocycles. The number of aromatic nitrogens is 2. The van der Waals surface area contributed by atoms with Crippen LogP contribution in [-0.2, 0) is 20.8 Å². The van der Waals surface area contributed by atoms with Gasteiger partial charge < -0.3 is 25.0 Å². The van der Waals surface area contributed by atoms with Gasteiger partial charge in [-0.1, -0.05) is 6.07 Å². The highest BCUT2D eigenvalue weighted by Crippen LogP contribution is 2.32. The van der Waals surface area contributed by atoms with Crippen molar-refractivity contribution in [1.82, 2.24) is 15.3 Å². The van der Waals surface area contributed by atoms with Crippen molar-refractivity contribution in [2.45, 2.75) is 19.4 Å². The van der Waals surface area contributed by atoms with Gasteiger partial charge in [0, 0.05) is 18.3 Å². The zero-order valence-corrected chi connectivity index (χ0v) is 14.1. The van der Waals surface area contributed by atoms with Gasteiger partial charge in [-0.3, -0.25) is 4.79 Å². The first-order valence-electron chi connectivity index (χ1n) is 7.98. The lowest BCUT2D eigenvalue weighted by atomic mass is 10.1. The molecule has 1 aromatic heterocycles. The van der Waals surface area contributed by atoms with Gasteiger partial charge in [0.15, 0.2) is 5.75 Å². The van der Waals surface area contributed by atoms with E-state index in [9.17, 15) is 19.5 Å². The second-order valence-corrected chi connectivity index (χ2v) is 6.04. The number of aliphatic carboxylic acids is 1. The maximum Gasteiger partial charge on any atom is 0.331 e. The minimum Gasteiger partial charge on any atom is -0.480 e. The van der Waals surface area contributed by atoms with E-state index >= 15 is 0 Å². The van der Waals surface area contributed by atoms with Crippen LogP contribution in [0.1, 0.15) is 11.3 Å². The van der Waals surface area contributed by atoms with Crippen LogP contribution >= 0.6 is 0 Å². The molecule has 0 radical (unpaired) electrons. The number of carbonyl (C=O) groups excluding carboxylic acids is 2. The average molecular weight is 358 g/mol. The lowest BCUT2D eigenvalue weighted by Gasteiger charge is -2.29. The molecule has 0 fully saturated rings. The highest BCUT2D eigenvalue weighted by Gasteiger charge is 2.27. The number of aromatic amines is 1. The van der Waals surface area contributed by atoms with Gasteiger partial charge in [-0.2, -0.15) is 0 Å². The number of anilines is 1. The van der Waals surface area contributed by atoms with Gasteiger partial charge in [0.25, 0.3) is 0 Å². The fraction of sp³-hybridized carbons (Fsp3) is 0.294. The van der Waals surface area contributed by atoms with Crippen molar-refractivity contribution in [3.8, 4) is 5.75 Å². The Morgan fingerprint density at radius 1 is 1.46 bits per heavy atom. The largest absolute Gasteiger partial charge is 0.480 e. The lowest BCUT2D eigenvalue weighted by Crippen LogP contribution is -2.48. The van der Waals surface area contributed by atoms with Gasteiger partial charge >= 0.3 is 11.9 Å². The van der Waals surface area contributed by atoms with E-state index in [1.165, 1.54) is 12.5 Å². The Bertz CT molecular complexity index is 834. The van der Waals surface area contributed by atoms with E-state index in [4.69, 9.17) is 4.74 Å². The highest BCUT2D eigenvalue weighted by molar-refractivity contribution is 5.91. The fourth-order valence-electron chi connectivity index (χ4n) is 2.73. The summed E-state index contributed by atoms with van der Waals surface area (Å²) >= 11 is 0. The molecule has 26 heavy (non-hydrogen) atoms. The fourth-order valence-corrected chi connectivity index (χ4v) is 2.73. The van der Waals surface area contributed by atoms with Crippen LogP contribution in [0.5, 0.6) is 5.75 Å². The van der Waals surface area contributed by atoms with Crippen molar-refractivity contribution in [3.05, 3.63) is 42.0 Å². The number of aryl methyl sites for hydroxylation is 1. The molecule has 9 heteroatoms. The minimum atomic E-state index is -1.15. The van der Waals surface area contributed by atoms with Crippen molar-refractivity contribution in [2.24, 2.45) is 0 Å². The summed E-state index contributed by atoms with van der Waals surface area (Å²) in [6, 6.07) is 4.23. The van der Waals surface area contributed by atoms with Crippen molar-refractivity contribution in [2.75, 3.05) is 18.0 Å². The predicted octanol–water partition coefficient (Wildman–Crippen LogP) is 0.256. The zero-order valence-electron chi connectivity index (χ0n) is 14.1. The zero-order chi connectivity index (χ0) is 18.7. The van der Waals surface area contributed by atoms with E-state index in [0.29, 0.717) is 17.1 Å². The van der Waals surface area contributed by atoms with E-state index in [0.717, 1.165) is 5.56 Å². The Morgan fingerprint density at radius 2 is 2.27 bits per heavy atom. The number of carboxylic acid groups (broad SMARTS) is 1. The SMILES string of the molecule is Cc1ccc2c(c1)OC(=O)CN2CC(=O)NC(Cc1cnc[nH]1)C(=O)O. The molecule has 0 bridgehead atoms. The number of imidazole rings is 1. The number of rotatable bonds is 6. The molecule has 0 aliphatic carbocycles. The second-order valence-electron chi connectivity index (χ2n) is 6.04. The summed E-state index contributed by atoms with van der Waals surface area (Å²) in [6.45, 7) is 1.63. The number of fused-ring (bicyclic) bond motifs is 1. The maximum absolute atomic E-state index is 12.3. The van der Waals surface area contributed by atoms with Crippen LogP contribution in [-0.4, -0.2) is 52.1 Å². The minimum absolute atomic E-state index is 0.0816. The molecule has 0 spiro atoms. The summed E-state index contributed by atoms with van der Waals surface area (Å²) in [5.74, 6) is -1.73. The molecule has 3 rings (SSSR count). The van der Waals surface area contributed by atoms with Crippen molar-refractivity contribution >= 4 is 23.5 Å². The van der Waals surface area contributed by atoms with Crippen molar-refractivity contribution in [3.63, 3.8) is 0 Å². The highest BCUT2D eigenvalue weighted by atomic mass is 16.5. The number of hydrogen-bond donors (Lipinski definition) is 3. The first-order chi connectivity index (χ1) is 12.4. The molecule has 1 aromatic carbocycles. The van der Waals surface area contributed by atoms with E-state index in [2.05, 4.69) is 15.3 Å². The third-order valence-electron chi connectivity index (χ3n) is 3.95. The van der Waals surface area contributed by atoms with Crippen molar-refractivity contribution in [1.29, 1.82) is 0 Å². The molecule has 3 N–H and O–H groups in total. The second kappa shape index (κ2) is 7.26. The number of nitrogens with zero attached hydrogens (tertiary/aromatic N) is 2. The number of hydrogen-bond acceptors (Lipinski definition) is 6. The van der Waals surface area contributed by atoms with Gasteiger partial charge in [-0.15, -0.1) is 0 Å². The predicted molar refractivity (Wildman–Crippen MR) is 90.9 cm³/mol. The number of benzene rings is 1. The summed E-state index contributed by atoms with van der Waals surface area (Å²) in [5.41, 5.74) is 2.14. The molecule has 2 heterocycles. The summed E-state index contributed by atoms with van der Waals surface area (Å²) in [4.78, 5) is 43.7. The summed E-state index contributed by atoms with van der Waals surface area (Å²) in [5, 5.41) is 11.8. The monoisotopic (exact) mass is 358 g/mol. The van der Waals surface area contributed by atoms with E-state index < -0.39 is 23.9 Å². The molecule has 1 amide bonds. The number of H-pyrrole nitrogens is 1. The maximum atomic E-state index is 12.3. The van der Waals surface area contributed by atoms with Crippen LogP contribution in [0.4, 0.5) is 5.69 Å². The van der Waals surface area contributed by atoms with E-state index in [1.807, 2.05) is 13.0 Å². The van der Waals surface area contributed by atoms with Crippen LogP contribution in [0.3, 0.4) is 0 Å². The Balaban J connectivity index is 1.69. The smallest absolute Gasteiger partial charge is 0.331 e. The van der Waals surface area contributed by atoms with Gasteiger partial charge in [0.05, 0.1) is 18.6 Å². The van der Waals surface area contributed by atoms with Gasteiger partial charge in [-0.05, 0) is 24.6 Å². The van der Waals surface area contributed by atoms with Gasteiger partial charge in [-0.25, -0.2) is 14.6 Å². The first-order valence-corrected chi connectivity index (χ1v) is 7.98. The molecule has 1 aliphatic rings.